The predicted octanol–water partition coefficient (Wildman–Crippen LogP) is 3.57. The number of esters is 2. The molecular formula is C24H25N5O4. The number of fused-ring (bicyclic) bond motifs is 1. The van der Waals surface area contributed by atoms with Gasteiger partial charge in [-0.3, -0.25) is 9.20 Å². The van der Waals surface area contributed by atoms with Crippen molar-refractivity contribution < 1.29 is 19.1 Å². The van der Waals surface area contributed by atoms with E-state index in [4.69, 9.17) is 14.5 Å². The van der Waals surface area contributed by atoms with Gasteiger partial charge in [0.1, 0.15) is 23.7 Å². The van der Waals surface area contributed by atoms with E-state index in [2.05, 4.69) is 10.4 Å². The number of rotatable bonds is 7. The third-order valence-electron chi connectivity index (χ3n) is 5.21. The zero-order valence-corrected chi connectivity index (χ0v) is 19.0. The topological polar surface area (TPSA) is 99.8 Å². The minimum absolute atomic E-state index is 0.0637. The number of nitrogens with one attached hydrogen (secondary N) is 1. The molecule has 4 aromatic rings. The van der Waals surface area contributed by atoms with E-state index in [0.29, 0.717) is 22.7 Å². The lowest BCUT2D eigenvalue weighted by molar-refractivity contribution is -0.138. The highest BCUT2D eigenvalue weighted by atomic mass is 16.5. The Morgan fingerprint density at radius 2 is 1.94 bits per heavy atom. The largest absolute Gasteiger partial charge is 0.468 e. The summed E-state index contributed by atoms with van der Waals surface area (Å²) in [5.74, 6) is -0.429. The van der Waals surface area contributed by atoms with Crippen molar-refractivity contribution in [3.05, 3.63) is 65.6 Å². The monoisotopic (exact) mass is 447 g/mol. The molecule has 4 rings (SSSR count). The summed E-state index contributed by atoms with van der Waals surface area (Å²) in [6.07, 6.45) is 3.61. The van der Waals surface area contributed by atoms with Crippen molar-refractivity contribution >= 4 is 23.4 Å². The molecule has 0 aliphatic carbocycles. The molecule has 0 fully saturated rings. The summed E-state index contributed by atoms with van der Waals surface area (Å²) in [5, 5.41) is 7.65. The van der Waals surface area contributed by atoms with E-state index in [1.54, 1.807) is 17.8 Å². The molecule has 1 N–H and O–H groups in total. The first-order valence-corrected chi connectivity index (χ1v) is 10.6. The number of carbonyl (C=O) groups is 2. The van der Waals surface area contributed by atoms with Crippen LogP contribution in [0.1, 0.15) is 28.5 Å². The smallest absolute Gasteiger partial charge is 0.359 e. The van der Waals surface area contributed by atoms with Crippen molar-refractivity contribution in [3.8, 4) is 16.9 Å². The number of ether oxygens (including phenoxy) is 2. The molecule has 170 valence electrons. The molecule has 9 nitrogen and oxygen atoms in total. The molecule has 3 heterocycles. The third-order valence-corrected chi connectivity index (χ3v) is 5.21. The molecule has 0 saturated carbocycles. The maximum Gasteiger partial charge on any atom is 0.359 e. The normalized spacial score (nSPS) is 10.9. The van der Waals surface area contributed by atoms with Gasteiger partial charge in [0, 0.05) is 12.4 Å². The molecule has 1 aromatic carbocycles. The average Bonchev–Trinajstić information content (AvgIpc) is 3.39. The van der Waals surface area contributed by atoms with Gasteiger partial charge in [-0.15, -0.1) is 0 Å². The molecule has 0 aliphatic rings. The van der Waals surface area contributed by atoms with Crippen LogP contribution in [-0.4, -0.2) is 51.4 Å². The molecular weight excluding hydrogens is 422 g/mol. The van der Waals surface area contributed by atoms with Crippen LogP contribution >= 0.6 is 0 Å². The summed E-state index contributed by atoms with van der Waals surface area (Å²) in [5.41, 5.74) is 4.63. The first-order chi connectivity index (χ1) is 15.9. The maximum absolute atomic E-state index is 12.8. The van der Waals surface area contributed by atoms with Crippen LogP contribution in [0.3, 0.4) is 0 Å². The summed E-state index contributed by atoms with van der Waals surface area (Å²) >= 11 is 0. The fourth-order valence-electron chi connectivity index (χ4n) is 3.57. The zero-order chi connectivity index (χ0) is 23.5. The number of aromatic nitrogens is 4. The molecule has 0 spiro atoms. The standard InChI is InChI=1S/C24H25N5O4/c1-5-33-24(31)22-17(14-29(27-22)18-9-7-6-8-16(18)3)21-23(25-13-20(30)32-4)28-11-10-15(2)12-19(28)26-21/h6-12,14,25H,5,13H2,1-4H3. The van der Waals surface area contributed by atoms with E-state index in [9.17, 15) is 9.59 Å². The van der Waals surface area contributed by atoms with Crippen molar-refractivity contribution in [2.24, 2.45) is 0 Å². The van der Waals surface area contributed by atoms with Crippen molar-refractivity contribution in [2.75, 3.05) is 25.6 Å². The summed E-state index contributed by atoms with van der Waals surface area (Å²) < 4.78 is 13.5. The van der Waals surface area contributed by atoms with Gasteiger partial charge in [0.05, 0.1) is 25.0 Å². The fourth-order valence-corrected chi connectivity index (χ4v) is 3.57. The number of methoxy groups -OCH3 is 1. The number of aryl methyl sites for hydroxylation is 2. The maximum atomic E-state index is 12.8. The van der Waals surface area contributed by atoms with Crippen molar-refractivity contribution in [3.63, 3.8) is 0 Å². The Bertz CT molecular complexity index is 1340. The van der Waals surface area contributed by atoms with Gasteiger partial charge in [0.25, 0.3) is 0 Å². The van der Waals surface area contributed by atoms with Gasteiger partial charge in [0.2, 0.25) is 0 Å². The van der Waals surface area contributed by atoms with E-state index >= 15 is 0 Å². The molecule has 9 heteroatoms. The lowest BCUT2D eigenvalue weighted by atomic mass is 10.1. The summed E-state index contributed by atoms with van der Waals surface area (Å²) in [7, 11) is 1.33. The Balaban J connectivity index is 1.93. The second kappa shape index (κ2) is 9.15. The Labute approximate surface area is 191 Å². The van der Waals surface area contributed by atoms with E-state index in [1.807, 2.05) is 60.8 Å². The molecule has 3 aromatic heterocycles. The summed E-state index contributed by atoms with van der Waals surface area (Å²) in [6.45, 7) is 5.83. The SMILES string of the molecule is CCOC(=O)c1nn(-c2ccccc2C)cc1-c1nc2cc(C)ccn2c1NCC(=O)OC. The van der Waals surface area contributed by atoms with Gasteiger partial charge in [0.15, 0.2) is 5.69 Å². The van der Waals surface area contributed by atoms with Crippen LogP contribution in [0, 0.1) is 13.8 Å². The first-order valence-electron chi connectivity index (χ1n) is 10.6. The second-order valence-electron chi connectivity index (χ2n) is 7.51. The highest BCUT2D eigenvalue weighted by Crippen LogP contribution is 2.32. The number of carbonyl (C=O) groups excluding carboxylic acids is 2. The van der Waals surface area contributed by atoms with Gasteiger partial charge in [-0.05, 0) is 50.1 Å². The number of benzene rings is 1. The Morgan fingerprint density at radius 3 is 2.67 bits per heavy atom. The number of anilines is 1. The molecule has 33 heavy (non-hydrogen) atoms. The predicted molar refractivity (Wildman–Crippen MR) is 124 cm³/mol. The molecule has 0 radical (unpaired) electrons. The Hall–Kier alpha value is -4.14. The van der Waals surface area contributed by atoms with Crippen LogP contribution < -0.4 is 5.32 Å². The second-order valence-corrected chi connectivity index (χ2v) is 7.51. The quantitative estimate of drug-likeness (QED) is 0.432. The molecule has 0 atom stereocenters. The van der Waals surface area contributed by atoms with Gasteiger partial charge in [-0.25, -0.2) is 14.5 Å². The molecule has 0 saturated heterocycles. The molecule has 0 bridgehead atoms. The van der Waals surface area contributed by atoms with E-state index in [0.717, 1.165) is 16.8 Å². The van der Waals surface area contributed by atoms with Crippen molar-refractivity contribution in [1.29, 1.82) is 0 Å². The number of imidazole rings is 1. The molecule has 0 amide bonds. The van der Waals surface area contributed by atoms with Gasteiger partial charge in [-0.2, -0.15) is 5.10 Å². The Kier molecular flexibility index (Phi) is 6.12. The summed E-state index contributed by atoms with van der Waals surface area (Å²) in [6, 6.07) is 11.6. The lowest BCUT2D eigenvalue weighted by Gasteiger charge is -2.08. The zero-order valence-electron chi connectivity index (χ0n) is 19.0. The highest BCUT2D eigenvalue weighted by molar-refractivity contribution is 5.97. The number of hydrogen-bond donors (Lipinski definition) is 1. The number of pyridine rings is 1. The third kappa shape index (κ3) is 4.30. The van der Waals surface area contributed by atoms with Crippen LogP contribution in [0.5, 0.6) is 0 Å². The van der Waals surface area contributed by atoms with Crippen LogP contribution in [0.2, 0.25) is 0 Å². The number of nitrogens with zero attached hydrogens (tertiary/aromatic N) is 4. The minimum Gasteiger partial charge on any atom is -0.468 e. The van der Waals surface area contributed by atoms with Crippen LogP contribution in [-0.2, 0) is 14.3 Å². The minimum atomic E-state index is -0.549. The lowest BCUT2D eigenvalue weighted by Crippen LogP contribution is -2.16. The van der Waals surface area contributed by atoms with Gasteiger partial charge >= 0.3 is 11.9 Å². The van der Waals surface area contributed by atoms with Gasteiger partial charge in [-0.1, -0.05) is 18.2 Å². The fraction of sp³-hybridized carbons (Fsp3) is 0.250. The number of hydrogen-bond acceptors (Lipinski definition) is 7. The van der Waals surface area contributed by atoms with Gasteiger partial charge < -0.3 is 14.8 Å². The van der Waals surface area contributed by atoms with Crippen molar-refractivity contribution in [2.45, 2.75) is 20.8 Å². The molecule has 0 aliphatic heterocycles. The van der Waals surface area contributed by atoms with Crippen LogP contribution in [0.25, 0.3) is 22.6 Å². The average molecular weight is 447 g/mol. The Morgan fingerprint density at radius 1 is 1.15 bits per heavy atom. The van der Waals surface area contributed by atoms with E-state index in [-0.39, 0.29) is 18.8 Å². The van der Waals surface area contributed by atoms with E-state index < -0.39 is 11.9 Å². The first kappa shape index (κ1) is 22.1. The molecule has 0 unspecified atom stereocenters. The highest BCUT2D eigenvalue weighted by Gasteiger charge is 2.26. The summed E-state index contributed by atoms with van der Waals surface area (Å²) in [4.78, 5) is 29.4. The number of para-hydroxylation sites is 1. The van der Waals surface area contributed by atoms with Crippen LogP contribution in [0.4, 0.5) is 5.82 Å². The van der Waals surface area contributed by atoms with Crippen molar-refractivity contribution in [1.82, 2.24) is 19.2 Å². The van der Waals surface area contributed by atoms with E-state index in [1.165, 1.54) is 7.11 Å². The van der Waals surface area contributed by atoms with Crippen LogP contribution in [0.15, 0.2) is 48.8 Å².